The number of anilines is 2. The molecule has 0 N–H and O–H groups in total. The van der Waals surface area contributed by atoms with Crippen LogP contribution in [0, 0.1) is 0 Å². The van der Waals surface area contributed by atoms with Gasteiger partial charge >= 0.3 is 0 Å². The van der Waals surface area contributed by atoms with Crippen molar-refractivity contribution < 1.29 is 9.59 Å². The number of nitrogens with zero attached hydrogens (tertiary/aromatic N) is 1. The molecule has 1 heterocycles. The average molecular weight is 328 g/mol. The van der Waals surface area contributed by atoms with Crippen molar-refractivity contribution in [3.05, 3.63) is 60.2 Å². The van der Waals surface area contributed by atoms with Crippen molar-refractivity contribution in [3.63, 3.8) is 0 Å². The molecule has 0 saturated heterocycles. The lowest BCUT2D eigenvalue weighted by atomic mass is 9.85. The van der Waals surface area contributed by atoms with E-state index in [1.54, 1.807) is 23.1 Å². The lowest BCUT2D eigenvalue weighted by Gasteiger charge is -2.37. The SMILES string of the molecule is CCCCC1(Cl)C(=O)c2ccccc2N(c2ccccc2)C1=O. The van der Waals surface area contributed by atoms with Gasteiger partial charge in [0, 0.05) is 11.3 Å². The molecular formula is C19H18ClNO2. The largest absolute Gasteiger partial charge is 0.291 e. The van der Waals surface area contributed by atoms with Gasteiger partial charge < -0.3 is 0 Å². The smallest absolute Gasteiger partial charge is 0.260 e. The van der Waals surface area contributed by atoms with E-state index in [0.29, 0.717) is 17.7 Å². The molecule has 0 bridgehead atoms. The molecule has 0 aromatic heterocycles. The van der Waals surface area contributed by atoms with Gasteiger partial charge in [-0.2, -0.15) is 0 Å². The summed E-state index contributed by atoms with van der Waals surface area (Å²) in [7, 11) is 0. The Balaban J connectivity index is 2.17. The summed E-state index contributed by atoms with van der Waals surface area (Å²) in [5.74, 6) is -0.650. The van der Waals surface area contributed by atoms with E-state index in [1.807, 2.05) is 43.3 Å². The van der Waals surface area contributed by atoms with Gasteiger partial charge in [0.2, 0.25) is 0 Å². The topological polar surface area (TPSA) is 37.4 Å². The first-order valence-electron chi connectivity index (χ1n) is 7.82. The number of amides is 1. The highest BCUT2D eigenvalue weighted by Crippen LogP contribution is 2.42. The molecule has 3 rings (SSSR count). The number of rotatable bonds is 4. The van der Waals surface area contributed by atoms with Gasteiger partial charge in [0.1, 0.15) is 0 Å². The van der Waals surface area contributed by atoms with Gasteiger partial charge in [0.25, 0.3) is 5.91 Å². The fourth-order valence-corrected chi connectivity index (χ4v) is 3.25. The Hall–Kier alpha value is -2.13. The number of carbonyl (C=O) groups is 2. The van der Waals surface area contributed by atoms with Crippen LogP contribution in [0.5, 0.6) is 0 Å². The zero-order chi connectivity index (χ0) is 16.4. The van der Waals surface area contributed by atoms with Crippen LogP contribution in [-0.4, -0.2) is 16.6 Å². The van der Waals surface area contributed by atoms with Gasteiger partial charge in [-0.15, -0.1) is 0 Å². The Labute approximate surface area is 140 Å². The van der Waals surface area contributed by atoms with Crippen LogP contribution in [0.1, 0.15) is 36.5 Å². The number of benzene rings is 2. The highest BCUT2D eigenvalue weighted by Gasteiger charge is 2.51. The van der Waals surface area contributed by atoms with Gasteiger partial charge in [-0.3, -0.25) is 14.5 Å². The number of halogens is 1. The molecule has 0 radical (unpaired) electrons. The quantitative estimate of drug-likeness (QED) is 0.602. The van der Waals surface area contributed by atoms with Gasteiger partial charge in [0.15, 0.2) is 10.7 Å². The number of hydrogen-bond donors (Lipinski definition) is 0. The van der Waals surface area contributed by atoms with Crippen molar-refractivity contribution in [2.24, 2.45) is 0 Å². The summed E-state index contributed by atoms with van der Waals surface area (Å²) in [4.78, 5) is 26.0. The first-order chi connectivity index (χ1) is 11.1. The molecule has 1 amide bonds. The molecule has 0 spiro atoms. The highest BCUT2D eigenvalue weighted by atomic mass is 35.5. The van der Waals surface area contributed by atoms with Crippen molar-refractivity contribution in [2.75, 3.05) is 4.90 Å². The summed E-state index contributed by atoms with van der Waals surface area (Å²) < 4.78 is 0. The third kappa shape index (κ3) is 2.55. The predicted molar refractivity (Wildman–Crippen MR) is 92.5 cm³/mol. The molecule has 0 fully saturated rings. The summed E-state index contributed by atoms with van der Waals surface area (Å²) in [6.07, 6.45) is 1.95. The van der Waals surface area contributed by atoms with Crippen LogP contribution in [-0.2, 0) is 4.79 Å². The molecular weight excluding hydrogens is 310 g/mol. The van der Waals surface area contributed by atoms with E-state index < -0.39 is 4.87 Å². The van der Waals surface area contributed by atoms with Crippen molar-refractivity contribution in [1.82, 2.24) is 0 Å². The minimum atomic E-state index is -1.51. The van der Waals surface area contributed by atoms with Gasteiger partial charge in [-0.1, -0.05) is 61.7 Å². The second-order valence-electron chi connectivity index (χ2n) is 5.73. The Kier molecular flexibility index (Phi) is 4.22. The molecule has 23 heavy (non-hydrogen) atoms. The number of unbranched alkanes of at least 4 members (excludes halogenated alkanes) is 1. The molecule has 0 aliphatic carbocycles. The monoisotopic (exact) mass is 327 g/mol. The number of Topliss-reactive ketones (excluding diaryl/α,β-unsaturated/α-hetero) is 1. The van der Waals surface area contributed by atoms with Gasteiger partial charge in [0.05, 0.1) is 5.69 Å². The molecule has 4 heteroatoms. The summed E-state index contributed by atoms with van der Waals surface area (Å²) in [6.45, 7) is 2.01. The van der Waals surface area contributed by atoms with E-state index in [-0.39, 0.29) is 11.7 Å². The third-order valence-corrected chi connectivity index (χ3v) is 4.70. The lowest BCUT2D eigenvalue weighted by molar-refractivity contribution is -0.119. The fraction of sp³-hybridized carbons (Fsp3) is 0.263. The second-order valence-corrected chi connectivity index (χ2v) is 6.37. The summed E-state index contributed by atoms with van der Waals surface area (Å²) >= 11 is 6.59. The van der Waals surface area contributed by atoms with Crippen LogP contribution in [0.2, 0.25) is 0 Å². The van der Waals surface area contributed by atoms with E-state index in [2.05, 4.69) is 0 Å². The van der Waals surface area contributed by atoms with Crippen LogP contribution < -0.4 is 4.90 Å². The van der Waals surface area contributed by atoms with Gasteiger partial charge in [-0.25, -0.2) is 0 Å². The standard InChI is InChI=1S/C19H18ClNO2/c1-2-3-13-19(20)17(22)15-11-7-8-12-16(15)21(18(19)23)14-9-5-4-6-10-14/h4-12H,2-3,13H2,1H3. The summed E-state index contributed by atoms with van der Waals surface area (Å²) in [5, 5.41) is 0. The van der Waals surface area contributed by atoms with Crippen molar-refractivity contribution >= 4 is 34.7 Å². The number of carbonyl (C=O) groups excluding carboxylic acids is 2. The van der Waals surface area contributed by atoms with Crippen LogP contribution in [0.4, 0.5) is 11.4 Å². The first kappa shape index (κ1) is 15.8. The number of hydrogen-bond acceptors (Lipinski definition) is 2. The maximum Gasteiger partial charge on any atom is 0.260 e. The molecule has 1 aliphatic heterocycles. The summed E-state index contributed by atoms with van der Waals surface area (Å²) in [6, 6.07) is 16.5. The molecule has 1 atom stereocenters. The third-order valence-electron chi connectivity index (χ3n) is 4.18. The number of ketones is 1. The van der Waals surface area contributed by atoms with E-state index in [1.165, 1.54) is 0 Å². The fourth-order valence-electron chi connectivity index (χ4n) is 2.93. The van der Waals surface area contributed by atoms with Crippen LogP contribution in [0.25, 0.3) is 0 Å². The van der Waals surface area contributed by atoms with E-state index in [9.17, 15) is 9.59 Å². The van der Waals surface area contributed by atoms with Crippen molar-refractivity contribution in [1.29, 1.82) is 0 Å². The molecule has 118 valence electrons. The van der Waals surface area contributed by atoms with E-state index in [0.717, 1.165) is 18.5 Å². The molecule has 1 unspecified atom stereocenters. The minimum absolute atomic E-state index is 0.291. The van der Waals surface area contributed by atoms with E-state index in [4.69, 9.17) is 11.6 Å². The maximum atomic E-state index is 13.1. The van der Waals surface area contributed by atoms with Crippen LogP contribution >= 0.6 is 11.6 Å². The summed E-state index contributed by atoms with van der Waals surface area (Å²) in [5.41, 5.74) is 1.82. The Bertz CT molecular complexity index is 744. The molecule has 0 saturated carbocycles. The normalized spacial score (nSPS) is 20.5. The Morgan fingerprint density at radius 2 is 1.65 bits per heavy atom. The number of alkyl halides is 1. The maximum absolute atomic E-state index is 13.1. The highest BCUT2D eigenvalue weighted by molar-refractivity contribution is 6.53. The molecule has 2 aromatic rings. The number of para-hydroxylation sites is 2. The van der Waals surface area contributed by atoms with Crippen LogP contribution in [0.3, 0.4) is 0 Å². The molecule has 3 nitrogen and oxygen atoms in total. The van der Waals surface area contributed by atoms with Crippen molar-refractivity contribution in [2.45, 2.75) is 31.1 Å². The second kappa shape index (κ2) is 6.17. The van der Waals surface area contributed by atoms with E-state index >= 15 is 0 Å². The first-order valence-corrected chi connectivity index (χ1v) is 8.19. The predicted octanol–water partition coefficient (Wildman–Crippen LogP) is 4.72. The molecule has 2 aromatic carbocycles. The number of fused-ring (bicyclic) bond motifs is 1. The minimum Gasteiger partial charge on any atom is -0.291 e. The molecule has 1 aliphatic rings. The van der Waals surface area contributed by atoms with Crippen molar-refractivity contribution in [3.8, 4) is 0 Å². The van der Waals surface area contributed by atoms with Gasteiger partial charge in [-0.05, 0) is 30.7 Å². The van der Waals surface area contributed by atoms with Crippen LogP contribution in [0.15, 0.2) is 54.6 Å². The zero-order valence-corrected chi connectivity index (χ0v) is 13.7. The average Bonchev–Trinajstić information content (AvgIpc) is 2.59. The lowest BCUT2D eigenvalue weighted by Crippen LogP contribution is -2.53. The Morgan fingerprint density at radius 1 is 1.00 bits per heavy atom. The Morgan fingerprint density at radius 3 is 2.35 bits per heavy atom. The zero-order valence-electron chi connectivity index (χ0n) is 13.0.